The van der Waals surface area contributed by atoms with E-state index in [2.05, 4.69) is 20.5 Å². The number of aromatic nitrogens is 3. The summed E-state index contributed by atoms with van der Waals surface area (Å²) < 4.78 is 13.9. The van der Waals surface area contributed by atoms with Gasteiger partial charge in [0.1, 0.15) is 18.0 Å². The monoisotopic (exact) mass is 293 g/mol. The summed E-state index contributed by atoms with van der Waals surface area (Å²) in [5, 5.41) is 19.5. The number of hydrogen-bond donors (Lipinski definition) is 2. The smallest absolute Gasteiger partial charge is 0.270 e. The Bertz CT molecular complexity index is 672. The van der Waals surface area contributed by atoms with E-state index in [4.69, 9.17) is 0 Å². The molecule has 0 spiro atoms. The molecule has 21 heavy (non-hydrogen) atoms. The second-order valence-electron chi connectivity index (χ2n) is 4.32. The molecule has 8 nitrogen and oxygen atoms in total. The molecule has 1 aromatic carbocycles. The van der Waals surface area contributed by atoms with Gasteiger partial charge in [-0.25, -0.2) is 9.37 Å². The summed E-state index contributed by atoms with van der Waals surface area (Å²) in [7, 11) is 0. The number of hydrogen-bond acceptors (Lipinski definition) is 5. The third kappa shape index (κ3) is 3.38. The number of nitro benzene ring substituents is 1. The van der Waals surface area contributed by atoms with E-state index in [1.165, 1.54) is 13.3 Å². The van der Waals surface area contributed by atoms with E-state index in [9.17, 15) is 19.3 Å². The van der Waals surface area contributed by atoms with Gasteiger partial charge in [0.15, 0.2) is 0 Å². The SMILES string of the molecule is Cc1cc([N+](=O)[O-])cc(C(=O)NCCc2ncn[nH]2)c1F. The van der Waals surface area contributed by atoms with Crippen molar-refractivity contribution in [3.63, 3.8) is 0 Å². The van der Waals surface area contributed by atoms with Gasteiger partial charge in [-0.1, -0.05) is 0 Å². The van der Waals surface area contributed by atoms with Crippen LogP contribution in [0.3, 0.4) is 0 Å². The lowest BCUT2D eigenvalue weighted by Gasteiger charge is -2.07. The highest BCUT2D eigenvalue weighted by Crippen LogP contribution is 2.20. The van der Waals surface area contributed by atoms with Crippen molar-refractivity contribution in [1.29, 1.82) is 0 Å². The van der Waals surface area contributed by atoms with Crippen LogP contribution in [-0.2, 0) is 6.42 Å². The number of aromatic amines is 1. The van der Waals surface area contributed by atoms with Crippen LogP contribution in [0.1, 0.15) is 21.7 Å². The van der Waals surface area contributed by atoms with Crippen molar-refractivity contribution in [3.05, 3.63) is 51.3 Å². The fourth-order valence-corrected chi connectivity index (χ4v) is 1.76. The van der Waals surface area contributed by atoms with Crippen molar-refractivity contribution in [1.82, 2.24) is 20.5 Å². The minimum Gasteiger partial charge on any atom is -0.351 e. The molecule has 1 heterocycles. The summed E-state index contributed by atoms with van der Waals surface area (Å²) in [6.45, 7) is 1.57. The van der Waals surface area contributed by atoms with Crippen LogP contribution in [0.15, 0.2) is 18.5 Å². The molecule has 2 N–H and O–H groups in total. The fraction of sp³-hybridized carbons (Fsp3) is 0.250. The van der Waals surface area contributed by atoms with E-state index in [1.54, 1.807) is 0 Å². The molecular formula is C12H12FN5O3. The number of carbonyl (C=O) groups is 1. The Labute approximate surface area is 118 Å². The van der Waals surface area contributed by atoms with Crippen LogP contribution in [0.25, 0.3) is 0 Å². The second-order valence-corrected chi connectivity index (χ2v) is 4.32. The van der Waals surface area contributed by atoms with Crippen molar-refractivity contribution >= 4 is 11.6 Å². The second kappa shape index (κ2) is 6.07. The van der Waals surface area contributed by atoms with Crippen LogP contribution in [-0.4, -0.2) is 32.6 Å². The Morgan fingerprint density at radius 2 is 2.29 bits per heavy atom. The first-order chi connectivity index (χ1) is 9.99. The number of amides is 1. The molecule has 1 amide bonds. The number of benzene rings is 1. The largest absolute Gasteiger partial charge is 0.351 e. The highest BCUT2D eigenvalue weighted by atomic mass is 19.1. The normalized spacial score (nSPS) is 10.4. The van der Waals surface area contributed by atoms with Crippen LogP contribution >= 0.6 is 0 Å². The molecule has 0 saturated heterocycles. The van der Waals surface area contributed by atoms with E-state index in [1.807, 2.05) is 0 Å². The third-order valence-electron chi connectivity index (χ3n) is 2.81. The molecule has 1 aromatic heterocycles. The van der Waals surface area contributed by atoms with Gasteiger partial charge in [0, 0.05) is 25.1 Å². The summed E-state index contributed by atoms with van der Waals surface area (Å²) >= 11 is 0. The maximum Gasteiger partial charge on any atom is 0.270 e. The average molecular weight is 293 g/mol. The van der Waals surface area contributed by atoms with Crippen molar-refractivity contribution in [2.24, 2.45) is 0 Å². The topological polar surface area (TPSA) is 114 Å². The first-order valence-electron chi connectivity index (χ1n) is 6.06. The minimum atomic E-state index is -0.766. The van der Waals surface area contributed by atoms with Crippen LogP contribution < -0.4 is 5.32 Å². The molecule has 2 aromatic rings. The van der Waals surface area contributed by atoms with E-state index in [-0.39, 0.29) is 23.4 Å². The summed E-state index contributed by atoms with van der Waals surface area (Å²) in [4.78, 5) is 25.8. The Balaban J connectivity index is 2.09. The average Bonchev–Trinajstić information content (AvgIpc) is 2.94. The van der Waals surface area contributed by atoms with Crippen molar-refractivity contribution < 1.29 is 14.1 Å². The molecule has 0 fully saturated rings. The van der Waals surface area contributed by atoms with Gasteiger partial charge in [-0.15, -0.1) is 0 Å². The van der Waals surface area contributed by atoms with Gasteiger partial charge in [-0.3, -0.25) is 20.0 Å². The summed E-state index contributed by atoms with van der Waals surface area (Å²) in [6.07, 6.45) is 1.72. The number of non-ortho nitro benzene ring substituents is 1. The zero-order valence-electron chi connectivity index (χ0n) is 11.1. The Morgan fingerprint density at radius 1 is 1.52 bits per heavy atom. The zero-order valence-corrected chi connectivity index (χ0v) is 11.1. The van der Waals surface area contributed by atoms with Crippen molar-refractivity contribution in [3.8, 4) is 0 Å². The highest BCUT2D eigenvalue weighted by molar-refractivity contribution is 5.95. The van der Waals surface area contributed by atoms with E-state index >= 15 is 0 Å². The van der Waals surface area contributed by atoms with Gasteiger partial charge in [0.25, 0.3) is 11.6 Å². The number of halogens is 1. The molecule has 0 aliphatic rings. The summed E-state index contributed by atoms with van der Waals surface area (Å²) in [5.74, 6) is -0.900. The Hall–Kier alpha value is -2.84. The van der Waals surface area contributed by atoms with E-state index < -0.39 is 16.6 Å². The molecular weight excluding hydrogens is 281 g/mol. The molecule has 0 atom stereocenters. The van der Waals surface area contributed by atoms with Gasteiger partial charge in [0.05, 0.1) is 10.5 Å². The van der Waals surface area contributed by atoms with Gasteiger partial charge in [-0.2, -0.15) is 5.10 Å². The van der Waals surface area contributed by atoms with Crippen molar-refractivity contribution in [2.45, 2.75) is 13.3 Å². The van der Waals surface area contributed by atoms with Crippen molar-refractivity contribution in [2.75, 3.05) is 6.54 Å². The lowest BCUT2D eigenvalue weighted by atomic mass is 10.1. The fourth-order valence-electron chi connectivity index (χ4n) is 1.76. The van der Waals surface area contributed by atoms with Crippen LogP contribution in [0.4, 0.5) is 10.1 Å². The van der Waals surface area contributed by atoms with Gasteiger partial charge >= 0.3 is 0 Å². The first-order valence-corrected chi connectivity index (χ1v) is 6.06. The van der Waals surface area contributed by atoms with Crippen LogP contribution in [0.5, 0.6) is 0 Å². The number of nitro groups is 1. The third-order valence-corrected chi connectivity index (χ3v) is 2.81. The molecule has 9 heteroatoms. The van der Waals surface area contributed by atoms with Gasteiger partial charge in [0.2, 0.25) is 0 Å². The number of nitrogens with zero attached hydrogens (tertiary/aromatic N) is 3. The first kappa shape index (κ1) is 14.6. The molecule has 0 aliphatic heterocycles. The highest BCUT2D eigenvalue weighted by Gasteiger charge is 2.19. The number of carbonyl (C=O) groups excluding carboxylic acids is 1. The zero-order chi connectivity index (χ0) is 15.4. The predicted octanol–water partition coefficient (Wildman–Crippen LogP) is 1.13. The maximum absolute atomic E-state index is 13.9. The van der Waals surface area contributed by atoms with Gasteiger partial charge in [-0.05, 0) is 12.5 Å². The molecule has 2 rings (SSSR count). The summed E-state index contributed by atoms with van der Waals surface area (Å²) in [5.41, 5.74) is -0.627. The number of aryl methyl sites for hydroxylation is 1. The molecule has 0 unspecified atom stereocenters. The Morgan fingerprint density at radius 3 is 2.90 bits per heavy atom. The molecule has 0 saturated carbocycles. The standard InChI is InChI=1S/C12H12FN5O3/c1-7-4-8(18(20)21)5-9(11(7)13)12(19)14-3-2-10-15-6-16-17-10/h4-6H,2-3H2,1H3,(H,14,19)(H,15,16,17). The number of rotatable bonds is 5. The minimum absolute atomic E-state index is 0.0459. The lowest BCUT2D eigenvalue weighted by molar-refractivity contribution is -0.385. The number of nitrogens with one attached hydrogen (secondary N) is 2. The molecule has 0 bridgehead atoms. The van der Waals surface area contributed by atoms with Crippen LogP contribution in [0.2, 0.25) is 0 Å². The molecule has 0 radical (unpaired) electrons. The number of H-pyrrole nitrogens is 1. The summed E-state index contributed by atoms with van der Waals surface area (Å²) in [6, 6.07) is 2.01. The van der Waals surface area contributed by atoms with Crippen LogP contribution in [0, 0.1) is 22.9 Å². The van der Waals surface area contributed by atoms with Gasteiger partial charge < -0.3 is 5.32 Å². The lowest BCUT2D eigenvalue weighted by Crippen LogP contribution is -2.27. The molecule has 0 aliphatic carbocycles. The van der Waals surface area contributed by atoms with E-state index in [0.29, 0.717) is 12.2 Å². The molecule has 110 valence electrons. The maximum atomic E-state index is 13.9. The quantitative estimate of drug-likeness (QED) is 0.633. The van der Waals surface area contributed by atoms with E-state index in [0.717, 1.165) is 12.1 Å². The predicted molar refractivity (Wildman–Crippen MR) is 70.2 cm³/mol. The Kier molecular flexibility index (Phi) is 4.21.